The molecule has 0 saturated heterocycles. The summed E-state index contributed by atoms with van der Waals surface area (Å²) in [6.07, 6.45) is 0. The zero-order valence-corrected chi connectivity index (χ0v) is 9.82. The lowest BCUT2D eigenvalue weighted by Crippen LogP contribution is -2.19. The normalized spacial score (nSPS) is 10.0. The first kappa shape index (κ1) is 12.9. The molecule has 0 spiro atoms. The largest absolute Gasteiger partial charge is 0.497 e. The topological polar surface area (TPSA) is 47.9 Å². The van der Waals surface area contributed by atoms with Crippen LogP contribution in [0.15, 0.2) is 12.1 Å². The summed E-state index contributed by atoms with van der Waals surface area (Å²) in [4.78, 5) is 0. The van der Waals surface area contributed by atoms with Gasteiger partial charge in [0.05, 0.1) is 20.8 Å². The van der Waals surface area contributed by atoms with Crippen LogP contribution in [0, 0.1) is 0 Å². The molecule has 0 atom stereocenters. The second-order valence-electron chi connectivity index (χ2n) is 3.18. The van der Waals surface area contributed by atoms with Crippen molar-refractivity contribution in [2.45, 2.75) is 13.5 Å². The quantitative estimate of drug-likeness (QED) is 0.712. The molecular weight excluding hydrogens is 207 g/mol. The van der Waals surface area contributed by atoms with Gasteiger partial charge in [0.2, 0.25) is 0 Å². The van der Waals surface area contributed by atoms with Crippen LogP contribution in [-0.4, -0.2) is 33.3 Å². The van der Waals surface area contributed by atoms with Crippen molar-refractivity contribution in [1.82, 2.24) is 0 Å². The average molecular weight is 223 g/mol. The average Bonchev–Trinajstić information content (AvgIpc) is 2.34. The van der Waals surface area contributed by atoms with E-state index in [4.69, 9.17) is 19.2 Å². The standard InChI is InChI=1S/C11H16BO4/c1-4-16-7-8-5-9(14-2)11(12-13)10(6-8)15-3/h5-6,13H,4,7H2,1-3H3. The zero-order chi connectivity index (χ0) is 12.0. The van der Waals surface area contributed by atoms with Crippen molar-refractivity contribution < 1.29 is 19.2 Å². The van der Waals surface area contributed by atoms with E-state index in [9.17, 15) is 0 Å². The van der Waals surface area contributed by atoms with E-state index in [-0.39, 0.29) is 0 Å². The minimum atomic E-state index is 0.495. The summed E-state index contributed by atoms with van der Waals surface area (Å²) in [5, 5.41) is 9.11. The summed E-state index contributed by atoms with van der Waals surface area (Å²) in [5.41, 5.74) is 1.48. The van der Waals surface area contributed by atoms with Gasteiger partial charge < -0.3 is 19.2 Å². The van der Waals surface area contributed by atoms with E-state index in [1.807, 2.05) is 19.1 Å². The lowest BCUT2D eigenvalue weighted by molar-refractivity contribution is 0.133. The molecular formula is C11H16BO4. The van der Waals surface area contributed by atoms with Crippen LogP contribution in [0.3, 0.4) is 0 Å². The van der Waals surface area contributed by atoms with E-state index in [1.165, 1.54) is 0 Å². The molecule has 1 aromatic rings. The number of rotatable bonds is 6. The summed E-state index contributed by atoms with van der Waals surface area (Å²) in [6.45, 7) is 3.08. The Kier molecular flexibility index (Phi) is 5.15. The van der Waals surface area contributed by atoms with Crippen molar-refractivity contribution in [3.8, 4) is 11.5 Å². The molecule has 0 bridgehead atoms. The van der Waals surface area contributed by atoms with Crippen LogP contribution < -0.4 is 14.9 Å². The Hall–Kier alpha value is -1.20. The van der Waals surface area contributed by atoms with E-state index in [0.717, 1.165) is 13.0 Å². The van der Waals surface area contributed by atoms with E-state index >= 15 is 0 Å². The molecule has 0 fully saturated rings. The fourth-order valence-electron chi connectivity index (χ4n) is 1.42. The van der Waals surface area contributed by atoms with Crippen LogP contribution >= 0.6 is 0 Å². The highest BCUT2D eigenvalue weighted by atomic mass is 16.5. The molecule has 4 nitrogen and oxygen atoms in total. The fourth-order valence-corrected chi connectivity index (χ4v) is 1.42. The Morgan fingerprint density at radius 2 is 1.75 bits per heavy atom. The van der Waals surface area contributed by atoms with E-state index in [2.05, 4.69) is 0 Å². The van der Waals surface area contributed by atoms with E-state index in [0.29, 0.717) is 30.2 Å². The molecule has 16 heavy (non-hydrogen) atoms. The van der Waals surface area contributed by atoms with Gasteiger partial charge in [0, 0.05) is 12.1 Å². The summed E-state index contributed by atoms with van der Waals surface area (Å²) in [5.74, 6) is 1.13. The highest BCUT2D eigenvalue weighted by molar-refractivity contribution is 6.48. The lowest BCUT2D eigenvalue weighted by atomic mass is 9.86. The van der Waals surface area contributed by atoms with Crippen LogP contribution in [-0.2, 0) is 11.3 Å². The highest BCUT2D eigenvalue weighted by Gasteiger charge is 2.12. The number of hydrogen-bond donors (Lipinski definition) is 1. The van der Waals surface area contributed by atoms with Gasteiger partial charge in [-0.3, -0.25) is 0 Å². The molecule has 0 unspecified atom stereocenters. The third-order valence-corrected chi connectivity index (χ3v) is 2.21. The Labute approximate surface area is 96.4 Å². The summed E-state index contributed by atoms with van der Waals surface area (Å²) < 4.78 is 15.7. The molecule has 0 aliphatic rings. The minimum absolute atomic E-state index is 0.495. The summed E-state index contributed by atoms with van der Waals surface area (Å²) >= 11 is 0. The molecule has 1 radical (unpaired) electrons. The maximum absolute atomic E-state index is 9.11. The molecule has 1 rings (SSSR count). The van der Waals surface area contributed by atoms with Crippen LogP contribution in [0.4, 0.5) is 0 Å². The number of ether oxygens (including phenoxy) is 3. The van der Waals surface area contributed by atoms with Gasteiger partial charge in [-0.2, -0.15) is 0 Å². The Balaban J connectivity index is 3.05. The summed E-state index contributed by atoms with van der Waals surface area (Å²) in [7, 11) is 4.07. The molecule has 0 heterocycles. The first-order chi connectivity index (χ1) is 7.76. The van der Waals surface area contributed by atoms with E-state index in [1.54, 1.807) is 14.2 Å². The Bertz CT molecular complexity index is 316. The van der Waals surface area contributed by atoms with Crippen LogP contribution in [0.25, 0.3) is 0 Å². The second kappa shape index (κ2) is 6.40. The minimum Gasteiger partial charge on any atom is -0.497 e. The number of methoxy groups -OCH3 is 2. The van der Waals surface area contributed by atoms with Crippen LogP contribution in [0.2, 0.25) is 0 Å². The molecule has 0 aromatic heterocycles. The van der Waals surface area contributed by atoms with Crippen molar-refractivity contribution in [2.75, 3.05) is 20.8 Å². The van der Waals surface area contributed by atoms with Gasteiger partial charge in [-0.05, 0) is 24.6 Å². The maximum Gasteiger partial charge on any atom is 0.334 e. The molecule has 1 N–H and O–H groups in total. The lowest BCUT2D eigenvalue weighted by Gasteiger charge is -2.13. The maximum atomic E-state index is 9.11. The van der Waals surface area contributed by atoms with Crippen LogP contribution in [0.5, 0.6) is 11.5 Å². The molecule has 5 heteroatoms. The van der Waals surface area contributed by atoms with E-state index < -0.39 is 0 Å². The van der Waals surface area contributed by atoms with Gasteiger partial charge in [0.25, 0.3) is 0 Å². The van der Waals surface area contributed by atoms with Crippen molar-refractivity contribution in [1.29, 1.82) is 0 Å². The Morgan fingerprint density at radius 3 is 2.12 bits per heavy atom. The summed E-state index contributed by atoms with van der Waals surface area (Å²) in [6, 6.07) is 3.64. The number of benzene rings is 1. The van der Waals surface area contributed by atoms with Gasteiger partial charge in [-0.1, -0.05) is 0 Å². The fraction of sp³-hybridized carbons (Fsp3) is 0.455. The molecule has 87 valence electrons. The van der Waals surface area contributed by atoms with Gasteiger partial charge >= 0.3 is 7.48 Å². The molecule has 0 amide bonds. The third kappa shape index (κ3) is 2.90. The SMILES string of the molecule is CCOCc1cc(OC)c([B]O)c(OC)c1. The van der Waals surface area contributed by atoms with Gasteiger partial charge in [-0.25, -0.2) is 0 Å². The van der Waals surface area contributed by atoms with Crippen molar-refractivity contribution >= 4 is 12.9 Å². The Morgan fingerprint density at radius 1 is 1.19 bits per heavy atom. The van der Waals surface area contributed by atoms with Crippen molar-refractivity contribution in [3.63, 3.8) is 0 Å². The van der Waals surface area contributed by atoms with Crippen LogP contribution in [0.1, 0.15) is 12.5 Å². The van der Waals surface area contributed by atoms with Crippen molar-refractivity contribution in [3.05, 3.63) is 17.7 Å². The first-order valence-electron chi connectivity index (χ1n) is 5.06. The van der Waals surface area contributed by atoms with Gasteiger partial charge in [-0.15, -0.1) is 0 Å². The molecule has 0 aliphatic heterocycles. The second-order valence-corrected chi connectivity index (χ2v) is 3.18. The number of hydrogen-bond acceptors (Lipinski definition) is 4. The first-order valence-corrected chi connectivity index (χ1v) is 5.06. The van der Waals surface area contributed by atoms with Crippen molar-refractivity contribution in [2.24, 2.45) is 0 Å². The smallest absolute Gasteiger partial charge is 0.334 e. The highest BCUT2D eigenvalue weighted by Crippen LogP contribution is 2.20. The predicted octanol–water partition coefficient (Wildman–Crippen LogP) is 0.477. The van der Waals surface area contributed by atoms with Gasteiger partial charge in [0.15, 0.2) is 0 Å². The molecule has 0 aliphatic carbocycles. The monoisotopic (exact) mass is 223 g/mol. The zero-order valence-electron chi connectivity index (χ0n) is 9.82. The molecule has 0 saturated carbocycles. The predicted molar refractivity (Wildman–Crippen MR) is 62.5 cm³/mol. The molecule has 1 aromatic carbocycles. The third-order valence-electron chi connectivity index (χ3n) is 2.21. The van der Waals surface area contributed by atoms with Gasteiger partial charge in [0.1, 0.15) is 11.5 Å².